The van der Waals surface area contributed by atoms with Gasteiger partial charge in [0, 0.05) is 17.7 Å². The highest BCUT2D eigenvalue weighted by Gasteiger charge is 2.18. The van der Waals surface area contributed by atoms with Crippen LogP contribution in [0.15, 0.2) is 50.8 Å². The third-order valence-corrected chi connectivity index (χ3v) is 3.17. The maximum absolute atomic E-state index is 12.2. The number of phenols is 2. The molecular formula is C15H9NO6. The second kappa shape index (κ2) is 4.88. The lowest BCUT2D eigenvalue weighted by Crippen LogP contribution is -2.02. The van der Waals surface area contributed by atoms with E-state index in [1.807, 2.05) is 0 Å². The summed E-state index contributed by atoms with van der Waals surface area (Å²) in [5, 5.41) is 31.7. The summed E-state index contributed by atoms with van der Waals surface area (Å²) in [5.41, 5.74) is -0.382. The van der Waals surface area contributed by atoms with E-state index in [0.717, 1.165) is 12.1 Å². The zero-order valence-corrected chi connectivity index (χ0v) is 11.0. The SMILES string of the molecule is O=Nc1ccc(-c2oc3cc(O)cc(O)c3c(=O)c2O)cc1. The Morgan fingerprint density at radius 1 is 1.00 bits per heavy atom. The summed E-state index contributed by atoms with van der Waals surface area (Å²) in [7, 11) is 0. The van der Waals surface area contributed by atoms with Gasteiger partial charge in [0.2, 0.25) is 11.2 Å². The van der Waals surface area contributed by atoms with E-state index < -0.39 is 16.9 Å². The van der Waals surface area contributed by atoms with E-state index in [0.29, 0.717) is 5.56 Å². The molecule has 0 spiro atoms. The van der Waals surface area contributed by atoms with Gasteiger partial charge >= 0.3 is 0 Å². The molecule has 7 nitrogen and oxygen atoms in total. The molecule has 0 unspecified atom stereocenters. The number of rotatable bonds is 2. The van der Waals surface area contributed by atoms with Gasteiger partial charge in [-0.3, -0.25) is 4.79 Å². The number of nitroso groups, excluding NO2 is 1. The molecule has 2 aromatic carbocycles. The molecule has 0 aliphatic carbocycles. The van der Waals surface area contributed by atoms with Crippen molar-refractivity contribution in [1.29, 1.82) is 0 Å². The lowest BCUT2D eigenvalue weighted by Gasteiger charge is -2.07. The minimum absolute atomic E-state index is 0.0760. The van der Waals surface area contributed by atoms with Crippen LogP contribution in [-0.4, -0.2) is 15.3 Å². The van der Waals surface area contributed by atoms with Crippen LogP contribution in [0.3, 0.4) is 0 Å². The quantitative estimate of drug-likeness (QED) is 0.625. The van der Waals surface area contributed by atoms with Crippen LogP contribution >= 0.6 is 0 Å². The van der Waals surface area contributed by atoms with E-state index in [1.54, 1.807) is 0 Å². The standard InChI is InChI=1S/C15H9NO6/c17-9-5-10(18)12-11(6-9)22-15(14(20)13(12)19)7-1-3-8(16-21)4-2-7/h1-6,17-18,20H. The Balaban J connectivity index is 2.32. The highest BCUT2D eigenvalue weighted by molar-refractivity contribution is 5.88. The number of nitrogens with zero attached hydrogens (tertiary/aromatic N) is 1. The van der Waals surface area contributed by atoms with Gasteiger partial charge in [-0.15, -0.1) is 4.91 Å². The average molecular weight is 299 g/mol. The number of fused-ring (bicyclic) bond motifs is 1. The largest absolute Gasteiger partial charge is 0.508 e. The number of hydrogen-bond donors (Lipinski definition) is 3. The van der Waals surface area contributed by atoms with Crippen molar-refractivity contribution in [2.24, 2.45) is 5.18 Å². The van der Waals surface area contributed by atoms with Crippen LogP contribution in [0.2, 0.25) is 0 Å². The summed E-state index contributed by atoms with van der Waals surface area (Å²) in [6, 6.07) is 7.81. The number of benzene rings is 2. The summed E-state index contributed by atoms with van der Waals surface area (Å²) < 4.78 is 5.42. The topological polar surface area (TPSA) is 120 Å². The number of hydrogen-bond acceptors (Lipinski definition) is 7. The predicted octanol–water partition coefficient (Wildman–Crippen LogP) is 2.97. The molecule has 110 valence electrons. The average Bonchev–Trinajstić information content (AvgIpc) is 2.50. The molecule has 0 aliphatic rings. The molecule has 1 heterocycles. The maximum Gasteiger partial charge on any atom is 0.238 e. The highest BCUT2D eigenvalue weighted by atomic mass is 16.4. The van der Waals surface area contributed by atoms with Gasteiger partial charge in [0.05, 0.1) is 0 Å². The first kappa shape index (κ1) is 13.6. The monoisotopic (exact) mass is 299 g/mol. The smallest absolute Gasteiger partial charge is 0.238 e. The van der Waals surface area contributed by atoms with Crippen molar-refractivity contribution in [2.45, 2.75) is 0 Å². The summed E-state index contributed by atoms with van der Waals surface area (Å²) >= 11 is 0. The minimum atomic E-state index is -0.827. The fraction of sp³-hybridized carbons (Fsp3) is 0. The molecule has 0 fully saturated rings. The third kappa shape index (κ3) is 2.05. The lowest BCUT2D eigenvalue weighted by atomic mass is 10.1. The first-order valence-corrected chi connectivity index (χ1v) is 6.17. The summed E-state index contributed by atoms with van der Waals surface area (Å²) in [5.74, 6) is -1.60. The fourth-order valence-electron chi connectivity index (χ4n) is 2.14. The lowest BCUT2D eigenvalue weighted by molar-refractivity contribution is 0.438. The summed E-state index contributed by atoms with van der Waals surface area (Å²) in [4.78, 5) is 22.6. The van der Waals surface area contributed by atoms with Crippen molar-refractivity contribution in [3.8, 4) is 28.6 Å². The highest BCUT2D eigenvalue weighted by Crippen LogP contribution is 2.35. The summed E-state index contributed by atoms with van der Waals surface area (Å²) in [6.45, 7) is 0. The molecule has 7 heteroatoms. The van der Waals surface area contributed by atoms with Crippen molar-refractivity contribution < 1.29 is 19.7 Å². The molecule has 0 atom stereocenters. The normalized spacial score (nSPS) is 10.7. The molecule has 3 rings (SSSR count). The van der Waals surface area contributed by atoms with Crippen molar-refractivity contribution in [3.63, 3.8) is 0 Å². The van der Waals surface area contributed by atoms with Crippen LogP contribution in [0.25, 0.3) is 22.3 Å². The van der Waals surface area contributed by atoms with Crippen LogP contribution in [0.1, 0.15) is 0 Å². The predicted molar refractivity (Wildman–Crippen MR) is 78.4 cm³/mol. The van der Waals surface area contributed by atoms with E-state index in [2.05, 4.69) is 5.18 Å². The van der Waals surface area contributed by atoms with E-state index in [-0.39, 0.29) is 28.2 Å². The molecule has 0 bridgehead atoms. The van der Waals surface area contributed by atoms with E-state index in [4.69, 9.17) is 4.42 Å². The van der Waals surface area contributed by atoms with Gasteiger partial charge in [0.15, 0.2) is 5.76 Å². The van der Waals surface area contributed by atoms with Gasteiger partial charge in [0.25, 0.3) is 0 Å². The molecule has 0 saturated heterocycles. The zero-order valence-electron chi connectivity index (χ0n) is 11.0. The van der Waals surface area contributed by atoms with Gasteiger partial charge in [-0.25, -0.2) is 0 Å². The third-order valence-electron chi connectivity index (χ3n) is 3.17. The maximum atomic E-state index is 12.2. The Kier molecular flexibility index (Phi) is 3.03. The van der Waals surface area contributed by atoms with Gasteiger partial charge in [-0.2, -0.15) is 0 Å². The van der Waals surface area contributed by atoms with Gasteiger partial charge in [-0.1, -0.05) is 0 Å². The molecular weight excluding hydrogens is 290 g/mol. The van der Waals surface area contributed by atoms with E-state index >= 15 is 0 Å². The van der Waals surface area contributed by atoms with Crippen LogP contribution in [0.4, 0.5) is 5.69 Å². The Bertz CT molecular complexity index is 943. The number of phenolic OH excluding ortho intramolecular Hbond substituents is 2. The molecule has 0 amide bonds. The van der Waals surface area contributed by atoms with E-state index in [9.17, 15) is 25.0 Å². The van der Waals surface area contributed by atoms with Crippen LogP contribution < -0.4 is 5.43 Å². The molecule has 0 saturated carbocycles. The van der Waals surface area contributed by atoms with Crippen molar-refractivity contribution >= 4 is 16.7 Å². The molecule has 3 N–H and O–H groups in total. The minimum Gasteiger partial charge on any atom is -0.508 e. The van der Waals surface area contributed by atoms with Gasteiger partial charge in [0.1, 0.15) is 28.2 Å². The Morgan fingerprint density at radius 3 is 2.32 bits per heavy atom. The molecule has 3 aromatic rings. The Morgan fingerprint density at radius 2 is 1.68 bits per heavy atom. The zero-order chi connectivity index (χ0) is 15.9. The first-order chi connectivity index (χ1) is 10.5. The van der Waals surface area contributed by atoms with Crippen LogP contribution in [0, 0.1) is 4.91 Å². The molecule has 0 aliphatic heterocycles. The van der Waals surface area contributed by atoms with Gasteiger partial charge in [-0.05, 0) is 29.4 Å². The van der Waals surface area contributed by atoms with Gasteiger partial charge < -0.3 is 19.7 Å². The molecule has 1 aromatic heterocycles. The fourth-order valence-corrected chi connectivity index (χ4v) is 2.14. The molecule has 22 heavy (non-hydrogen) atoms. The number of aromatic hydroxyl groups is 3. The Hall–Kier alpha value is -3.35. The first-order valence-electron chi connectivity index (χ1n) is 6.17. The summed E-state index contributed by atoms with van der Waals surface area (Å²) in [6.07, 6.45) is 0. The van der Waals surface area contributed by atoms with Crippen molar-refractivity contribution in [3.05, 3.63) is 51.5 Å². The second-order valence-electron chi connectivity index (χ2n) is 4.59. The molecule has 0 radical (unpaired) electrons. The van der Waals surface area contributed by atoms with Crippen LogP contribution in [-0.2, 0) is 0 Å². The second-order valence-corrected chi connectivity index (χ2v) is 4.59. The van der Waals surface area contributed by atoms with Crippen LogP contribution in [0.5, 0.6) is 17.2 Å². The Labute approximate surface area is 122 Å². The van der Waals surface area contributed by atoms with Crippen molar-refractivity contribution in [2.75, 3.05) is 0 Å². The van der Waals surface area contributed by atoms with Crippen molar-refractivity contribution in [1.82, 2.24) is 0 Å². The van der Waals surface area contributed by atoms with E-state index in [1.165, 1.54) is 24.3 Å².